The van der Waals surface area contributed by atoms with Gasteiger partial charge in [0, 0.05) is 0 Å². The molecule has 3 aromatic rings. The zero-order chi connectivity index (χ0) is 22.4. The minimum absolute atomic E-state index is 0.0361. The molecule has 0 spiro atoms. The maximum atomic E-state index is 12.3. The Hall–Kier alpha value is -4.82. The standard InChI is InChI=1S/C23H17N5O3/c1-31-23(30)17-11-21(28-19-9-5-3-7-15(19)13-25)20(10-16(17)22(26)29)27-18-8-4-2-6-14(18)12-24/h2-11,27-28H,1H3,(H2,26,29). The minimum Gasteiger partial charge on any atom is -0.465 e. The van der Waals surface area contributed by atoms with Gasteiger partial charge in [0.1, 0.15) is 12.1 Å². The fraction of sp³-hybridized carbons (Fsp3) is 0.0435. The number of amides is 1. The van der Waals surface area contributed by atoms with Gasteiger partial charge >= 0.3 is 5.97 Å². The van der Waals surface area contributed by atoms with Crippen LogP contribution in [0.1, 0.15) is 31.8 Å². The molecule has 0 aliphatic rings. The molecule has 152 valence electrons. The summed E-state index contributed by atoms with van der Waals surface area (Å²) in [7, 11) is 1.19. The lowest BCUT2D eigenvalue weighted by atomic mass is 10.0. The summed E-state index contributed by atoms with van der Waals surface area (Å²) >= 11 is 0. The summed E-state index contributed by atoms with van der Waals surface area (Å²) in [5.74, 6) is -1.56. The van der Waals surface area contributed by atoms with Crippen LogP contribution in [-0.4, -0.2) is 19.0 Å². The van der Waals surface area contributed by atoms with Gasteiger partial charge in [-0.05, 0) is 36.4 Å². The lowest BCUT2D eigenvalue weighted by Crippen LogP contribution is -2.18. The molecule has 1 amide bonds. The van der Waals surface area contributed by atoms with Gasteiger partial charge in [0.15, 0.2) is 0 Å². The highest BCUT2D eigenvalue weighted by Gasteiger charge is 2.21. The number of ether oxygens (including phenoxy) is 1. The predicted molar refractivity (Wildman–Crippen MR) is 115 cm³/mol. The number of hydrogen-bond donors (Lipinski definition) is 3. The van der Waals surface area contributed by atoms with Crippen LogP contribution in [0.2, 0.25) is 0 Å². The van der Waals surface area contributed by atoms with E-state index in [0.717, 1.165) is 0 Å². The number of esters is 1. The quantitative estimate of drug-likeness (QED) is 0.524. The van der Waals surface area contributed by atoms with Crippen molar-refractivity contribution in [3.8, 4) is 12.1 Å². The van der Waals surface area contributed by atoms with E-state index in [4.69, 9.17) is 10.5 Å². The maximum absolute atomic E-state index is 12.3. The van der Waals surface area contributed by atoms with Crippen molar-refractivity contribution < 1.29 is 14.3 Å². The molecule has 0 heterocycles. The van der Waals surface area contributed by atoms with E-state index in [2.05, 4.69) is 22.8 Å². The summed E-state index contributed by atoms with van der Waals surface area (Å²) in [4.78, 5) is 24.3. The van der Waals surface area contributed by atoms with Crippen molar-refractivity contribution in [3.05, 3.63) is 82.9 Å². The highest BCUT2D eigenvalue weighted by Crippen LogP contribution is 2.33. The first-order valence-electron chi connectivity index (χ1n) is 9.07. The molecule has 0 unspecified atom stereocenters. The smallest absolute Gasteiger partial charge is 0.338 e. The number of rotatable bonds is 6. The number of nitrogens with two attached hydrogens (primary N) is 1. The fourth-order valence-corrected chi connectivity index (χ4v) is 2.96. The molecule has 8 nitrogen and oxygen atoms in total. The van der Waals surface area contributed by atoms with Gasteiger partial charge in [0.05, 0.1) is 52.1 Å². The molecule has 0 aliphatic carbocycles. The molecule has 0 fully saturated rings. The van der Waals surface area contributed by atoms with E-state index in [1.165, 1.54) is 19.2 Å². The molecular weight excluding hydrogens is 394 g/mol. The third kappa shape index (κ3) is 4.44. The van der Waals surface area contributed by atoms with E-state index in [-0.39, 0.29) is 11.1 Å². The van der Waals surface area contributed by atoms with Crippen molar-refractivity contribution in [1.29, 1.82) is 10.5 Å². The van der Waals surface area contributed by atoms with Gasteiger partial charge in [-0.1, -0.05) is 24.3 Å². The number of carbonyl (C=O) groups excluding carboxylic acids is 2. The SMILES string of the molecule is COC(=O)c1cc(Nc2ccccc2C#N)c(Nc2ccccc2C#N)cc1C(N)=O. The zero-order valence-corrected chi connectivity index (χ0v) is 16.5. The van der Waals surface area contributed by atoms with E-state index in [0.29, 0.717) is 33.9 Å². The van der Waals surface area contributed by atoms with Crippen LogP contribution in [0.4, 0.5) is 22.7 Å². The van der Waals surface area contributed by atoms with Crippen molar-refractivity contribution in [2.24, 2.45) is 5.73 Å². The molecule has 0 saturated carbocycles. The monoisotopic (exact) mass is 411 g/mol. The summed E-state index contributed by atoms with van der Waals surface area (Å²) in [6.07, 6.45) is 0. The first-order chi connectivity index (χ1) is 15.0. The van der Waals surface area contributed by atoms with Crippen LogP contribution in [0.3, 0.4) is 0 Å². The molecule has 31 heavy (non-hydrogen) atoms. The van der Waals surface area contributed by atoms with E-state index in [1.807, 2.05) is 0 Å². The summed E-state index contributed by atoms with van der Waals surface area (Å²) in [6.45, 7) is 0. The van der Waals surface area contributed by atoms with Gasteiger partial charge in [-0.3, -0.25) is 4.79 Å². The number of benzene rings is 3. The normalized spacial score (nSPS) is 9.77. The second kappa shape index (κ2) is 9.12. The fourth-order valence-electron chi connectivity index (χ4n) is 2.96. The Morgan fingerprint density at radius 3 is 1.68 bits per heavy atom. The molecular formula is C23H17N5O3. The van der Waals surface area contributed by atoms with Crippen LogP contribution in [-0.2, 0) is 4.74 Å². The Balaban J connectivity index is 2.20. The van der Waals surface area contributed by atoms with Crippen LogP contribution in [0.15, 0.2) is 60.7 Å². The van der Waals surface area contributed by atoms with E-state index < -0.39 is 11.9 Å². The van der Waals surface area contributed by atoms with Crippen molar-refractivity contribution in [2.75, 3.05) is 17.7 Å². The highest BCUT2D eigenvalue weighted by molar-refractivity contribution is 6.07. The van der Waals surface area contributed by atoms with E-state index >= 15 is 0 Å². The molecule has 0 saturated heterocycles. The van der Waals surface area contributed by atoms with Crippen molar-refractivity contribution in [1.82, 2.24) is 0 Å². The van der Waals surface area contributed by atoms with E-state index in [1.54, 1.807) is 48.5 Å². The largest absolute Gasteiger partial charge is 0.465 e. The first-order valence-corrected chi connectivity index (χ1v) is 9.07. The molecule has 0 radical (unpaired) electrons. The number of para-hydroxylation sites is 2. The molecule has 4 N–H and O–H groups in total. The Morgan fingerprint density at radius 1 is 0.806 bits per heavy atom. The Morgan fingerprint density at radius 2 is 1.26 bits per heavy atom. The minimum atomic E-state index is -0.819. The lowest BCUT2D eigenvalue weighted by Gasteiger charge is -2.18. The zero-order valence-electron chi connectivity index (χ0n) is 16.5. The molecule has 0 bridgehead atoms. The molecule has 8 heteroatoms. The van der Waals surface area contributed by atoms with Gasteiger partial charge < -0.3 is 21.1 Å². The number of nitrogens with zero attached hydrogens (tertiary/aromatic N) is 2. The summed E-state index contributed by atoms with van der Waals surface area (Å²) in [5.41, 5.74) is 7.88. The molecule has 0 aliphatic heterocycles. The van der Waals surface area contributed by atoms with Crippen LogP contribution >= 0.6 is 0 Å². The van der Waals surface area contributed by atoms with Crippen LogP contribution in [0, 0.1) is 22.7 Å². The third-order valence-corrected chi connectivity index (χ3v) is 4.46. The molecule has 0 aromatic heterocycles. The summed E-state index contributed by atoms with van der Waals surface area (Å²) in [6, 6.07) is 20.6. The number of nitriles is 2. The Bertz CT molecular complexity index is 1250. The van der Waals surface area contributed by atoms with Gasteiger partial charge in [-0.15, -0.1) is 0 Å². The number of nitrogens with one attached hydrogen (secondary N) is 2. The van der Waals surface area contributed by atoms with E-state index in [9.17, 15) is 20.1 Å². The van der Waals surface area contributed by atoms with Gasteiger partial charge in [-0.2, -0.15) is 10.5 Å². The van der Waals surface area contributed by atoms with Crippen LogP contribution < -0.4 is 16.4 Å². The van der Waals surface area contributed by atoms with Gasteiger partial charge in [0.2, 0.25) is 5.91 Å². The Kier molecular flexibility index (Phi) is 6.15. The average molecular weight is 411 g/mol. The lowest BCUT2D eigenvalue weighted by molar-refractivity contribution is 0.0597. The second-order valence-electron chi connectivity index (χ2n) is 6.36. The number of anilines is 4. The van der Waals surface area contributed by atoms with Crippen molar-refractivity contribution in [3.63, 3.8) is 0 Å². The molecule has 3 rings (SSSR count). The van der Waals surface area contributed by atoms with Gasteiger partial charge in [-0.25, -0.2) is 4.79 Å². The van der Waals surface area contributed by atoms with Crippen LogP contribution in [0.25, 0.3) is 0 Å². The molecule has 3 aromatic carbocycles. The maximum Gasteiger partial charge on any atom is 0.338 e. The number of methoxy groups -OCH3 is 1. The van der Waals surface area contributed by atoms with Gasteiger partial charge in [0.25, 0.3) is 0 Å². The Labute approximate surface area is 178 Å². The summed E-state index contributed by atoms with van der Waals surface area (Å²) < 4.78 is 4.78. The van der Waals surface area contributed by atoms with Crippen molar-refractivity contribution >= 4 is 34.6 Å². The first kappa shape index (κ1) is 20.9. The average Bonchev–Trinajstić information content (AvgIpc) is 2.79. The number of carbonyl (C=O) groups is 2. The van der Waals surface area contributed by atoms with Crippen LogP contribution in [0.5, 0.6) is 0 Å². The number of hydrogen-bond acceptors (Lipinski definition) is 7. The molecule has 0 atom stereocenters. The summed E-state index contributed by atoms with van der Waals surface area (Å²) in [5, 5.41) is 25.0. The third-order valence-electron chi connectivity index (χ3n) is 4.46. The predicted octanol–water partition coefficient (Wildman–Crippen LogP) is 3.80. The second-order valence-corrected chi connectivity index (χ2v) is 6.36. The number of primary amides is 1. The highest BCUT2D eigenvalue weighted by atomic mass is 16.5. The topological polar surface area (TPSA) is 141 Å². The van der Waals surface area contributed by atoms with Crippen molar-refractivity contribution in [2.45, 2.75) is 0 Å².